The zero-order chi connectivity index (χ0) is 13.8. The smallest absolute Gasteiger partial charge is 0.257 e. The lowest BCUT2D eigenvalue weighted by Gasteiger charge is -2.09. The maximum Gasteiger partial charge on any atom is 0.257 e. The molecule has 0 fully saturated rings. The maximum absolute atomic E-state index is 11.9. The first-order valence-corrected chi connectivity index (χ1v) is 6.53. The van der Waals surface area contributed by atoms with Crippen molar-refractivity contribution in [2.24, 2.45) is 0 Å². The zero-order valence-electron chi connectivity index (χ0n) is 10.6. The van der Waals surface area contributed by atoms with E-state index < -0.39 is 0 Å². The van der Waals surface area contributed by atoms with Crippen molar-refractivity contribution in [3.63, 3.8) is 0 Å². The molecule has 1 aromatic heterocycles. The monoisotopic (exact) mass is 278 g/mol. The van der Waals surface area contributed by atoms with Crippen molar-refractivity contribution < 1.29 is 9.53 Å². The van der Waals surface area contributed by atoms with E-state index in [0.29, 0.717) is 15.8 Å². The quantitative estimate of drug-likeness (QED) is 0.894. The molecule has 0 unspecified atom stereocenters. The second-order valence-corrected chi connectivity index (χ2v) is 5.10. The number of ether oxygens (including phenoxy) is 1. The van der Waals surface area contributed by atoms with Crippen molar-refractivity contribution in [2.75, 3.05) is 11.1 Å². The molecule has 0 saturated heterocycles. The Bertz CT molecular complexity index is 565. The second kappa shape index (κ2) is 5.66. The second-order valence-electron chi connectivity index (χ2n) is 4.09. The molecule has 0 aliphatic heterocycles. The van der Waals surface area contributed by atoms with Crippen LogP contribution in [0.1, 0.15) is 24.2 Å². The van der Waals surface area contributed by atoms with Crippen LogP contribution in [0.25, 0.3) is 0 Å². The first-order valence-electron chi connectivity index (χ1n) is 5.71. The van der Waals surface area contributed by atoms with Gasteiger partial charge in [0.2, 0.25) is 10.3 Å². The number of carbonyl (C=O) groups excluding carboxylic acids is 1. The molecular weight excluding hydrogens is 264 g/mol. The minimum Gasteiger partial charge on any atom is -0.491 e. The Kier molecular flexibility index (Phi) is 3.96. The lowest BCUT2D eigenvalue weighted by molar-refractivity contribution is 0.102. The number of nitrogen functional groups attached to an aromatic ring is 1. The first kappa shape index (κ1) is 13.3. The number of amides is 1. The number of carbonyl (C=O) groups is 1. The van der Waals surface area contributed by atoms with Gasteiger partial charge in [-0.3, -0.25) is 10.1 Å². The van der Waals surface area contributed by atoms with E-state index in [4.69, 9.17) is 10.5 Å². The van der Waals surface area contributed by atoms with E-state index in [1.165, 1.54) is 0 Å². The van der Waals surface area contributed by atoms with E-state index in [0.717, 1.165) is 17.1 Å². The number of nitrogens with zero attached hydrogens (tertiary/aromatic N) is 2. The van der Waals surface area contributed by atoms with Crippen LogP contribution in [0.4, 0.5) is 10.3 Å². The van der Waals surface area contributed by atoms with Crippen LogP contribution in [0.5, 0.6) is 5.75 Å². The zero-order valence-corrected chi connectivity index (χ0v) is 11.4. The molecule has 0 atom stereocenters. The molecule has 19 heavy (non-hydrogen) atoms. The number of aromatic nitrogens is 2. The Balaban J connectivity index is 2.03. The maximum atomic E-state index is 11.9. The molecule has 2 rings (SSSR count). The van der Waals surface area contributed by atoms with Crippen LogP contribution in [0.2, 0.25) is 0 Å². The minimum atomic E-state index is -0.257. The van der Waals surface area contributed by atoms with Crippen LogP contribution in [0, 0.1) is 0 Å². The average molecular weight is 278 g/mol. The fourth-order valence-corrected chi connectivity index (χ4v) is 1.92. The van der Waals surface area contributed by atoms with Gasteiger partial charge in [0.15, 0.2) is 0 Å². The Hall–Kier alpha value is -2.15. The summed E-state index contributed by atoms with van der Waals surface area (Å²) in [5.74, 6) is 0.471. The highest BCUT2D eigenvalue weighted by Crippen LogP contribution is 2.18. The Labute approximate surface area is 114 Å². The highest BCUT2D eigenvalue weighted by Gasteiger charge is 2.09. The van der Waals surface area contributed by atoms with Crippen LogP contribution in [-0.4, -0.2) is 22.2 Å². The number of rotatable bonds is 4. The van der Waals surface area contributed by atoms with Crippen LogP contribution in [0.15, 0.2) is 24.3 Å². The van der Waals surface area contributed by atoms with Gasteiger partial charge in [-0.25, -0.2) is 0 Å². The highest BCUT2D eigenvalue weighted by molar-refractivity contribution is 7.19. The van der Waals surface area contributed by atoms with Crippen LogP contribution < -0.4 is 15.8 Å². The Morgan fingerprint density at radius 2 is 2.00 bits per heavy atom. The molecule has 3 N–H and O–H groups in total. The van der Waals surface area contributed by atoms with E-state index >= 15 is 0 Å². The third kappa shape index (κ3) is 3.65. The molecule has 6 nitrogen and oxygen atoms in total. The Morgan fingerprint density at radius 1 is 1.32 bits per heavy atom. The summed E-state index contributed by atoms with van der Waals surface area (Å²) in [6, 6.07) is 6.89. The van der Waals surface area contributed by atoms with E-state index in [1.54, 1.807) is 24.3 Å². The fraction of sp³-hybridized carbons (Fsp3) is 0.250. The van der Waals surface area contributed by atoms with Gasteiger partial charge in [0, 0.05) is 5.56 Å². The van der Waals surface area contributed by atoms with Crippen molar-refractivity contribution in [1.29, 1.82) is 0 Å². The van der Waals surface area contributed by atoms with Gasteiger partial charge in [-0.2, -0.15) is 0 Å². The van der Waals surface area contributed by atoms with Crippen molar-refractivity contribution in [1.82, 2.24) is 10.2 Å². The SMILES string of the molecule is CC(C)Oc1ccc(C(=O)Nc2nnc(N)s2)cc1. The fourth-order valence-electron chi connectivity index (χ4n) is 1.41. The molecule has 0 aliphatic rings. The van der Waals surface area contributed by atoms with Gasteiger partial charge in [0.25, 0.3) is 5.91 Å². The molecule has 1 heterocycles. The van der Waals surface area contributed by atoms with Crippen LogP contribution in [-0.2, 0) is 0 Å². The standard InChI is InChI=1S/C12H14N4O2S/c1-7(2)18-9-5-3-8(4-6-9)10(17)14-12-16-15-11(13)19-12/h3-7H,1-2H3,(H2,13,15)(H,14,16,17). The van der Waals surface area contributed by atoms with E-state index in [9.17, 15) is 4.79 Å². The summed E-state index contributed by atoms with van der Waals surface area (Å²) >= 11 is 1.12. The van der Waals surface area contributed by atoms with Gasteiger partial charge in [-0.05, 0) is 38.1 Å². The molecule has 0 spiro atoms. The lowest BCUT2D eigenvalue weighted by atomic mass is 10.2. The van der Waals surface area contributed by atoms with Gasteiger partial charge >= 0.3 is 0 Å². The number of nitrogens with two attached hydrogens (primary N) is 1. The van der Waals surface area contributed by atoms with Gasteiger partial charge in [0.05, 0.1) is 6.10 Å². The number of hydrogen-bond donors (Lipinski definition) is 2. The van der Waals surface area contributed by atoms with Gasteiger partial charge in [0.1, 0.15) is 5.75 Å². The summed E-state index contributed by atoms with van der Waals surface area (Å²) < 4.78 is 5.50. The van der Waals surface area contributed by atoms with Crippen molar-refractivity contribution in [3.05, 3.63) is 29.8 Å². The van der Waals surface area contributed by atoms with Gasteiger partial charge in [-0.1, -0.05) is 11.3 Å². The molecule has 0 bridgehead atoms. The highest BCUT2D eigenvalue weighted by atomic mass is 32.1. The van der Waals surface area contributed by atoms with E-state index in [1.807, 2.05) is 13.8 Å². The van der Waals surface area contributed by atoms with E-state index in [2.05, 4.69) is 15.5 Å². The third-order valence-electron chi connectivity index (χ3n) is 2.15. The molecule has 2 aromatic rings. The van der Waals surface area contributed by atoms with Crippen molar-refractivity contribution in [3.8, 4) is 5.75 Å². The van der Waals surface area contributed by atoms with Gasteiger partial charge in [-0.15, -0.1) is 10.2 Å². The lowest BCUT2D eigenvalue weighted by Crippen LogP contribution is -2.12. The van der Waals surface area contributed by atoms with E-state index in [-0.39, 0.29) is 12.0 Å². The predicted octanol–water partition coefficient (Wildman–Crippen LogP) is 2.16. The number of anilines is 2. The molecule has 0 radical (unpaired) electrons. The minimum absolute atomic E-state index is 0.101. The number of hydrogen-bond acceptors (Lipinski definition) is 6. The normalized spacial score (nSPS) is 10.5. The number of nitrogens with one attached hydrogen (secondary N) is 1. The van der Waals surface area contributed by atoms with Crippen molar-refractivity contribution >= 4 is 27.5 Å². The largest absolute Gasteiger partial charge is 0.491 e. The van der Waals surface area contributed by atoms with Gasteiger partial charge < -0.3 is 10.5 Å². The summed E-state index contributed by atoms with van der Waals surface area (Å²) in [6.45, 7) is 3.89. The molecule has 100 valence electrons. The molecule has 1 amide bonds. The molecule has 7 heteroatoms. The molecule has 0 saturated carbocycles. The topological polar surface area (TPSA) is 90.1 Å². The molecule has 1 aromatic carbocycles. The average Bonchev–Trinajstić information content (AvgIpc) is 2.75. The van der Waals surface area contributed by atoms with Crippen LogP contribution in [0.3, 0.4) is 0 Å². The third-order valence-corrected chi connectivity index (χ3v) is 2.82. The summed E-state index contributed by atoms with van der Waals surface area (Å²) in [5.41, 5.74) is 5.95. The Morgan fingerprint density at radius 3 is 2.53 bits per heavy atom. The molecule has 0 aliphatic carbocycles. The summed E-state index contributed by atoms with van der Waals surface area (Å²) in [5, 5.41) is 10.7. The van der Waals surface area contributed by atoms with Crippen LogP contribution >= 0.6 is 11.3 Å². The summed E-state index contributed by atoms with van der Waals surface area (Å²) in [7, 11) is 0. The summed E-state index contributed by atoms with van der Waals surface area (Å²) in [4.78, 5) is 11.9. The summed E-state index contributed by atoms with van der Waals surface area (Å²) in [6.07, 6.45) is 0.101. The van der Waals surface area contributed by atoms with Crippen molar-refractivity contribution in [2.45, 2.75) is 20.0 Å². The number of benzene rings is 1. The first-order chi connectivity index (χ1) is 9.04. The predicted molar refractivity (Wildman–Crippen MR) is 74.5 cm³/mol. The molecular formula is C12H14N4O2S.